The van der Waals surface area contributed by atoms with Gasteiger partial charge in [-0.15, -0.1) is 0 Å². The van der Waals surface area contributed by atoms with E-state index in [9.17, 15) is 9.59 Å². The van der Waals surface area contributed by atoms with E-state index in [1.807, 2.05) is 6.92 Å². The van der Waals surface area contributed by atoms with E-state index in [1.54, 1.807) is 31.6 Å². The first-order valence-corrected chi connectivity index (χ1v) is 8.77. The van der Waals surface area contributed by atoms with Gasteiger partial charge in [0.05, 0.1) is 17.7 Å². The van der Waals surface area contributed by atoms with Crippen LogP contribution in [0.5, 0.6) is 0 Å². The first-order chi connectivity index (χ1) is 13.0. The Morgan fingerprint density at radius 1 is 1.30 bits per heavy atom. The zero-order chi connectivity index (χ0) is 19.0. The molecule has 0 saturated carbocycles. The lowest BCUT2D eigenvalue weighted by atomic mass is 9.93. The highest BCUT2D eigenvalue weighted by molar-refractivity contribution is 6.10. The Kier molecular flexibility index (Phi) is 4.31. The van der Waals surface area contributed by atoms with Gasteiger partial charge < -0.3 is 14.4 Å². The van der Waals surface area contributed by atoms with Crippen LogP contribution in [0.3, 0.4) is 0 Å². The van der Waals surface area contributed by atoms with Gasteiger partial charge in [0.1, 0.15) is 0 Å². The Bertz CT molecular complexity index is 1010. The van der Waals surface area contributed by atoms with Crippen molar-refractivity contribution in [2.75, 3.05) is 7.05 Å². The summed E-state index contributed by atoms with van der Waals surface area (Å²) < 4.78 is 5.27. The third-order valence-corrected chi connectivity index (χ3v) is 4.71. The van der Waals surface area contributed by atoms with Crippen molar-refractivity contribution >= 4 is 11.7 Å². The van der Waals surface area contributed by atoms with Crippen molar-refractivity contribution < 1.29 is 14.1 Å². The lowest BCUT2D eigenvalue weighted by Gasteiger charge is -2.17. The Morgan fingerprint density at radius 2 is 2.07 bits per heavy atom. The van der Waals surface area contributed by atoms with Crippen LogP contribution in [0.25, 0.3) is 11.4 Å². The van der Waals surface area contributed by atoms with Gasteiger partial charge in [0.25, 0.3) is 5.91 Å². The van der Waals surface area contributed by atoms with Gasteiger partial charge >= 0.3 is 0 Å². The summed E-state index contributed by atoms with van der Waals surface area (Å²) in [6.45, 7) is 1.98. The molecule has 1 N–H and O–H groups in total. The molecule has 1 aliphatic carbocycles. The lowest BCUT2D eigenvalue weighted by Crippen LogP contribution is -2.28. The number of ketones is 1. The van der Waals surface area contributed by atoms with Gasteiger partial charge in [0.15, 0.2) is 5.78 Å². The molecule has 27 heavy (non-hydrogen) atoms. The van der Waals surface area contributed by atoms with Gasteiger partial charge in [0.2, 0.25) is 11.7 Å². The number of H-pyrrole nitrogens is 1. The molecule has 3 heterocycles. The molecule has 138 valence electrons. The number of nitrogens with one attached hydrogen (secondary N) is 1. The Hall–Kier alpha value is -3.29. The first-order valence-electron chi connectivity index (χ1n) is 8.77. The van der Waals surface area contributed by atoms with Crippen LogP contribution in [-0.4, -0.2) is 43.7 Å². The zero-order valence-corrected chi connectivity index (χ0v) is 15.2. The Labute approximate surface area is 155 Å². The summed E-state index contributed by atoms with van der Waals surface area (Å²) in [5, 5.41) is 3.95. The number of aromatic amines is 1. The second kappa shape index (κ2) is 6.79. The van der Waals surface area contributed by atoms with Crippen LogP contribution < -0.4 is 0 Å². The number of aryl methyl sites for hydroxylation is 2. The molecular formula is C19H19N5O3. The molecule has 1 amide bonds. The summed E-state index contributed by atoms with van der Waals surface area (Å²) in [5.74, 6) is 0.559. The summed E-state index contributed by atoms with van der Waals surface area (Å²) in [7, 11) is 1.66. The normalized spacial score (nSPS) is 13.5. The number of Topliss-reactive ketones (excluding diaryl/α,β-unsaturated/α-hetero) is 1. The molecule has 1 aliphatic rings. The predicted octanol–water partition coefficient (Wildman–Crippen LogP) is 2.56. The number of carbonyl (C=O) groups is 2. The smallest absolute Gasteiger partial charge is 0.256 e. The van der Waals surface area contributed by atoms with E-state index in [1.165, 1.54) is 4.90 Å². The standard InChI is InChI=1S/C19H19N5O3/c1-11-16(17-13(21-11)4-3-5-14(17)25)19(26)24(2)10-15-22-18(23-27-15)12-6-8-20-9-7-12/h6-9,21H,3-5,10H2,1-2H3. The van der Waals surface area contributed by atoms with E-state index < -0.39 is 0 Å². The van der Waals surface area contributed by atoms with E-state index in [0.717, 1.165) is 29.8 Å². The summed E-state index contributed by atoms with van der Waals surface area (Å²) in [6.07, 6.45) is 5.38. The minimum atomic E-state index is -0.232. The molecule has 0 saturated heterocycles. The van der Waals surface area contributed by atoms with Crippen LogP contribution in [0.15, 0.2) is 29.0 Å². The van der Waals surface area contributed by atoms with Gasteiger partial charge in [-0.25, -0.2) is 0 Å². The van der Waals surface area contributed by atoms with Gasteiger partial charge in [-0.3, -0.25) is 14.6 Å². The number of nitrogens with zero attached hydrogens (tertiary/aromatic N) is 4. The number of amides is 1. The van der Waals surface area contributed by atoms with Crippen LogP contribution in [0.4, 0.5) is 0 Å². The maximum Gasteiger partial charge on any atom is 0.256 e. The van der Waals surface area contributed by atoms with Crippen molar-refractivity contribution in [3.8, 4) is 11.4 Å². The largest absolute Gasteiger partial charge is 0.361 e. The third kappa shape index (κ3) is 3.14. The van der Waals surface area contributed by atoms with Crippen molar-refractivity contribution in [1.82, 2.24) is 25.0 Å². The number of pyridine rings is 1. The quantitative estimate of drug-likeness (QED) is 0.762. The minimum absolute atomic E-state index is 0.0233. The Morgan fingerprint density at radius 3 is 2.85 bits per heavy atom. The van der Waals surface area contributed by atoms with Crippen LogP contribution in [-0.2, 0) is 13.0 Å². The number of aromatic nitrogens is 4. The van der Waals surface area contributed by atoms with Crippen LogP contribution in [0.2, 0.25) is 0 Å². The summed E-state index contributed by atoms with van der Waals surface area (Å²) in [6, 6.07) is 3.56. The molecule has 8 heteroatoms. The van der Waals surface area contributed by atoms with Gasteiger partial charge in [-0.05, 0) is 31.9 Å². The topological polar surface area (TPSA) is 105 Å². The van der Waals surface area contributed by atoms with E-state index in [4.69, 9.17) is 4.52 Å². The van der Waals surface area contributed by atoms with E-state index in [2.05, 4.69) is 20.1 Å². The van der Waals surface area contributed by atoms with Crippen molar-refractivity contribution in [3.05, 3.63) is 52.9 Å². The number of rotatable bonds is 4. The van der Waals surface area contributed by atoms with Crippen molar-refractivity contribution in [2.24, 2.45) is 0 Å². The molecule has 4 rings (SSSR count). The molecule has 0 unspecified atom stereocenters. The summed E-state index contributed by atoms with van der Waals surface area (Å²) in [5.41, 5.74) is 3.35. The SMILES string of the molecule is Cc1[nH]c2c(c1C(=O)N(C)Cc1nc(-c3ccncc3)no1)C(=O)CCC2. The third-order valence-electron chi connectivity index (χ3n) is 4.71. The molecule has 3 aromatic rings. The number of hydrogen-bond acceptors (Lipinski definition) is 6. The van der Waals surface area contributed by atoms with Crippen molar-refractivity contribution in [2.45, 2.75) is 32.7 Å². The predicted molar refractivity (Wildman–Crippen MR) is 96.1 cm³/mol. The molecule has 0 atom stereocenters. The molecule has 0 aliphatic heterocycles. The van der Waals surface area contributed by atoms with Crippen LogP contribution in [0, 0.1) is 6.92 Å². The molecular weight excluding hydrogens is 346 g/mol. The molecule has 0 bridgehead atoms. The maximum atomic E-state index is 13.0. The van der Waals surface area contributed by atoms with E-state index in [0.29, 0.717) is 29.3 Å². The second-order valence-electron chi connectivity index (χ2n) is 6.66. The molecule has 0 radical (unpaired) electrons. The minimum Gasteiger partial charge on any atom is -0.361 e. The summed E-state index contributed by atoms with van der Waals surface area (Å²) in [4.78, 5) is 38.3. The van der Waals surface area contributed by atoms with Crippen LogP contribution >= 0.6 is 0 Å². The fourth-order valence-corrected chi connectivity index (χ4v) is 3.41. The second-order valence-corrected chi connectivity index (χ2v) is 6.66. The highest BCUT2D eigenvalue weighted by atomic mass is 16.5. The Balaban J connectivity index is 1.55. The molecule has 0 aromatic carbocycles. The van der Waals surface area contributed by atoms with E-state index >= 15 is 0 Å². The average Bonchev–Trinajstić information content (AvgIpc) is 3.26. The average molecular weight is 365 g/mol. The molecule has 0 spiro atoms. The van der Waals surface area contributed by atoms with Gasteiger partial charge in [0, 0.05) is 42.8 Å². The first kappa shape index (κ1) is 17.1. The molecule has 8 nitrogen and oxygen atoms in total. The summed E-state index contributed by atoms with van der Waals surface area (Å²) >= 11 is 0. The number of fused-ring (bicyclic) bond motifs is 1. The fourth-order valence-electron chi connectivity index (χ4n) is 3.41. The van der Waals surface area contributed by atoms with Crippen molar-refractivity contribution in [3.63, 3.8) is 0 Å². The number of carbonyl (C=O) groups excluding carboxylic acids is 2. The number of hydrogen-bond donors (Lipinski definition) is 1. The molecule has 3 aromatic heterocycles. The van der Waals surface area contributed by atoms with Crippen LogP contribution in [0.1, 0.15) is 50.8 Å². The van der Waals surface area contributed by atoms with E-state index in [-0.39, 0.29) is 18.2 Å². The molecule has 0 fully saturated rings. The lowest BCUT2D eigenvalue weighted by molar-refractivity contribution is 0.0763. The highest BCUT2D eigenvalue weighted by Gasteiger charge is 2.30. The van der Waals surface area contributed by atoms with Gasteiger partial charge in [-0.2, -0.15) is 4.98 Å². The highest BCUT2D eigenvalue weighted by Crippen LogP contribution is 2.28. The zero-order valence-electron chi connectivity index (χ0n) is 15.2. The maximum absolute atomic E-state index is 13.0. The van der Waals surface area contributed by atoms with Crippen molar-refractivity contribution in [1.29, 1.82) is 0 Å². The monoisotopic (exact) mass is 365 g/mol. The fraction of sp³-hybridized carbons (Fsp3) is 0.316. The van der Waals surface area contributed by atoms with Gasteiger partial charge in [-0.1, -0.05) is 5.16 Å².